The highest BCUT2D eigenvalue weighted by atomic mass is 19.1. The number of morpholine rings is 1. The van der Waals surface area contributed by atoms with Crippen LogP contribution in [0.25, 0.3) is 0 Å². The van der Waals surface area contributed by atoms with Gasteiger partial charge in [-0.2, -0.15) is 0 Å². The number of hydrogen-bond donors (Lipinski definition) is 1. The summed E-state index contributed by atoms with van der Waals surface area (Å²) in [6.45, 7) is 0.555. The molecular weight excluding hydrogens is 277 g/mol. The molecule has 1 amide bonds. The molecule has 2 aliphatic rings. The molecule has 1 heterocycles. The number of amides is 1. The summed E-state index contributed by atoms with van der Waals surface area (Å²) in [5.41, 5.74) is -0.403. The van der Waals surface area contributed by atoms with E-state index in [1.807, 2.05) is 0 Å². The number of benzene rings is 1. The van der Waals surface area contributed by atoms with Gasteiger partial charge in [-0.15, -0.1) is 0 Å². The van der Waals surface area contributed by atoms with Crippen molar-refractivity contribution < 1.29 is 23.8 Å². The van der Waals surface area contributed by atoms with Crippen LogP contribution < -0.4 is 0 Å². The van der Waals surface area contributed by atoms with Crippen LogP contribution in [0.4, 0.5) is 4.39 Å². The zero-order chi connectivity index (χ0) is 15.0. The lowest BCUT2D eigenvalue weighted by atomic mass is 9.93. The number of halogens is 1. The highest BCUT2D eigenvalue weighted by molar-refractivity contribution is 5.92. The molecule has 1 unspecified atom stereocenters. The van der Waals surface area contributed by atoms with Gasteiger partial charge in [0.15, 0.2) is 6.10 Å². The lowest BCUT2D eigenvalue weighted by Gasteiger charge is -2.33. The number of ether oxygens (including phenoxy) is 1. The molecule has 1 aliphatic carbocycles. The van der Waals surface area contributed by atoms with Crippen molar-refractivity contribution in [1.82, 2.24) is 4.90 Å². The Morgan fingerprint density at radius 2 is 2.05 bits per heavy atom. The van der Waals surface area contributed by atoms with Crippen molar-refractivity contribution in [3.8, 4) is 0 Å². The molecule has 21 heavy (non-hydrogen) atoms. The fraction of sp³-hybridized carbons (Fsp3) is 0.467. The third-order valence-electron chi connectivity index (χ3n) is 4.18. The summed E-state index contributed by atoms with van der Waals surface area (Å²) in [5, 5.41) is 8.99. The van der Waals surface area contributed by atoms with Crippen LogP contribution in [0.3, 0.4) is 0 Å². The minimum absolute atomic E-state index is 0.0182. The Morgan fingerprint density at radius 1 is 1.33 bits per heavy atom. The van der Waals surface area contributed by atoms with Gasteiger partial charge in [0.2, 0.25) is 5.91 Å². The Morgan fingerprint density at radius 3 is 2.67 bits per heavy atom. The van der Waals surface area contributed by atoms with Crippen molar-refractivity contribution in [2.45, 2.75) is 24.4 Å². The van der Waals surface area contributed by atoms with Crippen LogP contribution in [-0.4, -0.2) is 47.7 Å². The molecular formula is C15H16FNO4. The maximum Gasteiger partial charge on any atom is 0.334 e. The topological polar surface area (TPSA) is 66.8 Å². The van der Waals surface area contributed by atoms with Crippen molar-refractivity contribution in [3.63, 3.8) is 0 Å². The molecule has 112 valence electrons. The molecule has 5 nitrogen and oxygen atoms in total. The van der Waals surface area contributed by atoms with Gasteiger partial charge >= 0.3 is 5.97 Å². The highest BCUT2D eigenvalue weighted by Crippen LogP contribution is 2.50. The Labute approximate surface area is 121 Å². The van der Waals surface area contributed by atoms with E-state index < -0.39 is 17.5 Å². The zero-order valence-corrected chi connectivity index (χ0v) is 11.4. The van der Waals surface area contributed by atoms with Crippen LogP contribution in [0, 0.1) is 5.82 Å². The fourth-order valence-electron chi connectivity index (χ4n) is 2.86. The van der Waals surface area contributed by atoms with Gasteiger partial charge in [-0.25, -0.2) is 9.18 Å². The molecule has 1 aliphatic heterocycles. The van der Waals surface area contributed by atoms with Gasteiger partial charge in [0.05, 0.1) is 18.6 Å². The van der Waals surface area contributed by atoms with Gasteiger partial charge in [0, 0.05) is 12.1 Å². The molecule has 3 rings (SSSR count). The van der Waals surface area contributed by atoms with Gasteiger partial charge in [-0.3, -0.25) is 4.79 Å². The predicted octanol–water partition coefficient (Wildman–Crippen LogP) is 1.17. The minimum Gasteiger partial charge on any atom is -0.479 e. The summed E-state index contributed by atoms with van der Waals surface area (Å²) in [5.74, 6) is -1.66. The first-order chi connectivity index (χ1) is 10.0. The van der Waals surface area contributed by atoms with Crippen molar-refractivity contribution in [2.24, 2.45) is 0 Å². The summed E-state index contributed by atoms with van der Waals surface area (Å²) in [6.07, 6.45) is 0.197. The van der Waals surface area contributed by atoms with Gasteiger partial charge in [0.1, 0.15) is 5.82 Å². The second-order valence-electron chi connectivity index (χ2n) is 5.51. The number of carboxylic acid groups (broad SMARTS) is 1. The van der Waals surface area contributed by atoms with Crippen molar-refractivity contribution in [3.05, 3.63) is 35.6 Å². The number of carboxylic acids is 1. The molecule has 1 N–H and O–H groups in total. The molecule has 0 radical (unpaired) electrons. The second-order valence-corrected chi connectivity index (χ2v) is 5.51. The number of carbonyl (C=O) groups is 2. The average molecular weight is 293 g/mol. The van der Waals surface area contributed by atoms with E-state index >= 15 is 0 Å². The molecule has 0 aromatic heterocycles. The number of carbonyl (C=O) groups excluding carboxylic acids is 1. The molecule has 2 fully saturated rings. The smallest absolute Gasteiger partial charge is 0.334 e. The minimum atomic E-state index is -1.08. The number of rotatable bonds is 3. The summed E-state index contributed by atoms with van der Waals surface area (Å²) < 4.78 is 19.1. The third-order valence-corrected chi connectivity index (χ3v) is 4.18. The van der Waals surface area contributed by atoms with Gasteiger partial charge in [-0.1, -0.05) is 18.2 Å². The number of nitrogens with zero attached hydrogens (tertiary/aromatic N) is 1. The van der Waals surface area contributed by atoms with E-state index in [0.717, 1.165) is 0 Å². The van der Waals surface area contributed by atoms with Crippen molar-refractivity contribution in [1.29, 1.82) is 0 Å². The standard InChI is InChI=1S/C15H16FNO4/c16-11-4-2-1-3-10(11)15(5-6-15)14(20)17-7-8-21-12(9-17)13(18)19/h1-4,12H,5-9H2,(H,18,19). The summed E-state index contributed by atoms with van der Waals surface area (Å²) in [4.78, 5) is 25.2. The first kappa shape index (κ1) is 14.0. The van der Waals surface area contributed by atoms with Crippen LogP contribution in [0.2, 0.25) is 0 Å². The SMILES string of the molecule is O=C(O)C1CN(C(=O)C2(c3ccccc3F)CC2)CCO1. The molecule has 0 spiro atoms. The van der Waals surface area contributed by atoms with E-state index in [9.17, 15) is 14.0 Å². The first-order valence-corrected chi connectivity index (χ1v) is 6.93. The zero-order valence-electron chi connectivity index (χ0n) is 11.4. The van der Waals surface area contributed by atoms with E-state index in [1.54, 1.807) is 18.2 Å². The summed E-state index contributed by atoms with van der Waals surface area (Å²) in [6, 6.07) is 6.29. The van der Waals surface area contributed by atoms with Crippen molar-refractivity contribution in [2.75, 3.05) is 19.7 Å². The van der Waals surface area contributed by atoms with Gasteiger partial charge in [0.25, 0.3) is 0 Å². The average Bonchev–Trinajstić information content (AvgIpc) is 3.28. The number of hydrogen-bond acceptors (Lipinski definition) is 3. The lowest BCUT2D eigenvalue weighted by Crippen LogP contribution is -2.51. The summed E-state index contributed by atoms with van der Waals surface area (Å²) in [7, 11) is 0. The van der Waals surface area contributed by atoms with Crippen LogP contribution in [0.1, 0.15) is 18.4 Å². The highest BCUT2D eigenvalue weighted by Gasteiger charge is 2.54. The van der Waals surface area contributed by atoms with E-state index in [2.05, 4.69) is 0 Å². The quantitative estimate of drug-likeness (QED) is 0.908. The predicted molar refractivity (Wildman–Crippen MR) is 71.3 cm³/mol. The molecule has 1 atom stereocenters. The first-order valence-electron chi connectivity index (χ1n) is 6.93. The third kappa shape index (κ3) is 2.40. The lowest BCUT2D eigenvalue weighted by molar-refractivity contribution is -0.160. The van der Waals surface area contributed by atoms with E-state index in [0.29, 0.717) is 24.9 Å². The van der Waals surface area contributed by atoms with E-state index in [-0.39, 0.29) is 24.9 Å². The van der Waals surface area contributed by atoms with Crippen LogP contribution in [0.15, 0.2) is 24.3 Å². The Hall–Kier alpha value is -1.95. The van der Waals surface area contributed by atoms with E-state index in [1.165, 1.54) is 11.0 Å². The molecule has 0 bridgehead atoms. The second kappa shape index (κ2) is 5.11. The van der Waals surface area contributed by atoms with Crippen LogP contribution in [0.5, 0.6) is 0 Å². The normalized spacial score (nSPS) is 23.7. The monoisotopic (exact) mass is 293 g/mol. The van der Waals surface area contributed by atoms with E-state index in [4.69, 9.17) is 9.84 Å². The molecule has 1 aromatic rings. The van der Waals surface area contributed by atoms with Crippen molar-refractivity contribution >= 4 is 11.9 Å². The maximum atomic E-state index is 14.0. The van der Waals surface area contributed by atoms with Gasteiger partial charge < -0.3 is 14.7 Å². The molecule has 1 saturated heterocycles. The summed E-state index contributed by atoms with van der Waals surface area (Å²) >= 11 is 0. The number of aliphatic carboxylic acids is 1. The van der Waals surface area contributed by atoms with Crippen LogP contribution in [-0.2, 0) is 19.7 Å². The maximum absolute atomic E-state index is 14.0. The van der Waals surface area contributed by atoms with Crippen LogP contribution >= 0.6 is 0 Å². The fourth-order valence-corrected chi connectivity index (χ4v) is 2.86. The molecule has 1 aromatic carbocycles. The molecule has 6 heteroatoms. The van der Waals surface area contributed by atoms with Gasteiger partial charge in [-0.05, 0) is 18.9 Å². The Kier molecular flexibility index (Phi) is 3.41. The molecule has 1 saturated carbocycles. The Balaban J connectivity index is 1.82. The Bertz CT molecular complexity index is 585. The largest absolute Gasteiger partial charge is 0.479 e.